The van der Waals surface area contributed by atoms with Crippen LogP contribution in [0.4, 0.5) is 0 Å². The fraction of sp³-hybridized carbons (Fsp3) is 0.294. The molecule has 0 nitrogen and oxygen atoms in total. The quantitative estimate of drug-likeness (QED) is 0.708. The molecule has 0 heterocycles. The van der Waals surface area contributed by atoms with Gasteiger partial charge in [-0.15, -0.1) is 12.6 Å². The van der Waals surface area contributed by atoms with Crippen molar-refractivity contribution < 1.29 is 0 Å². The van der Waals surface area contributed by atoms with Crippen molar-refractivity contribution in [1.29, 1.82) is 0 Å². The Balaban J connectivity index is 0.000000199. The van der Waals surface area contributed by atoms with E-state index in [2.05, 4.69) is 50.7 Å². The van der Waals surface area contributed by atoms with Gasteiger partial charge in [-0.3, -0.25) is 0 Å². The minimum atomic E-state index is 1.02. The summed E-state index contributed by atoms with van der Waals surface area (Å²) in [7, 11) is 0. The van der Waals surface area contributed by atoms with E-state index >= 15 is 0 Å². The zero-order chi connectivity index (χ0) is 13.2. The molecule has 2 aromatic carbocycles. The van der Waals surface area contributed by atoms with E-state index in [-0.39, 0.29) is 0 Å². The topological polar surface area (TPSA) is 0 Å². The molecule has 0 aliphatic rings. The van der Waals surface area contributed by atoms with Crippen LogP contribution >= 0.6 is 12.6 Å². The molecule has 0 bridgehead atoms. The molecule has 0 N–H and O–H groups in total. The Morgan fingerprint density at radius 3 is 2.00 bits per heavy atom. The summed E-state index contributed by atoms with van der Waals surface area (Å²) in [5, 5.41) is 0. The summed E-state index contributed by atoms with van der Waals surface area (Å²) in [6.07, 6.45) is 3.84. The first-order valence-electron chi connectivity index (χ1n) is 6.52. The van der Waals surface area contributed by atoms with E-state index in [1.807, 2.05) is 30.3 Å². The number of hydrogen-bond acceptors (Lipinski definition) is 1. The third kappa shape index (κ3) is 5.92. The van der Waals surface area contributed by atoms with E-state index in [0.717, 1.165) is 4.90 Å². The maximum Gasteiger partial charge on any atom is 0.00399 e. The van der Waals surface area contributed by atoms with Crippen LogP contribution in [0.5, 0.6) is 0 Å². The molecule has 0 unspecified atom stereocenters. The average molecular weight is 258 g/mol. The molecule has 0 fully saturated rings. The van der Waals surface area contributed by atoms with Gasteiger partial charge in [-0.05, 0) is 43.0 Å². The molecule has 0 aliphatic heterocycles. The Morgan fingerprint density at radius 1 is 0.889 bits per heavy atom. The van der Waals surface area contributed by atoms with Crippen LogP contribution in [0, 0.1) is 6.92 Å². The van der Waals surface area contributed by atoms with Crippen molar-refractivity contribution in [2.45, 2.75) is 38.0 Å². The number of thiol groups is 1. The van der Waals surface area contributed by atoms with Crippen molar-refractivity contribution in [3.63, 3.8) is 0 Å². The zero-order valence-electron chi connectivity index (χ0n) is 11.3. The van der Waals surface area contributed by atoms with E-state index in [1.54, 1.807) is 0 Å². The van der Waals surface area contributed by atoms with Gasteiger partial charge in [-0.25, -0.2) is 0 Å². The van der Waals surface area contributed by atoms with Crippen LogP contribution in [0.15, 0.2) is 59.5 Å². The molecule has 0 saturated carbocycles. The monoisotopic (exact) mass is 258 g/mol. The lowest BCUT2D eigenvalue weighted by molar-refractivity contribution is 0.791. The van der Waals surface area contributed by atoms with Crippen molar-refractivity contribution in [2.24, 2.45) is 0 Å². The normalized spacial score (nSPS) is 9.50. The van der Waals surface area contributed by atoms with Crippen LogP contribution in [-0.2, 0) is 6.42 Å². The van der Waals surface area contributed by atoms with Crippen LogP contribution < -0.4 is 0 Å². The molecule has 2 aromatic rings. The SMILES string of the molecule is CCCCc1ccccc1C.Sc1ccccc1. The van der Waals surface area contributed by atoms with E-state index in [0.29, 0.717) is 0 Å². The van der Waals surface area contributed by atoms with E-state index < -0.39 is 0 Å². The number of benzene rings is 2. The van der Waals surface area contributed by atoms with Crippen LogP contribution in [0.1, 0.15) is 30.9 Å². The second-order valence-electron chi connectivity index (χ2n) is 4.37. The van der Waals surface area contributed by atoms with Gasteiger partial charge in [0.15, 0.2) is 0 Å². The molecule has 96 valence electrons. The van der Waals surface area contributed by atoms with Crippen molar-refractivity contribution in [1.82, 2.24) is 0 Å². The fourth-order valence-electron chi connectivity index (χ4n) is 1.69. The van der Waals surface area contributed by atoms with Crippen LogP contribution in [-0.4, -0.2) is 0 Å². The molecule has 0 radical (unpaired) electrons. The van der Waals surface area contributed by atoms with Crippen molar-refractivity contribution in [3.8, 4) is 0 Å². The molecule has 0 amide bonds. The number of hydrogen-bond donors (Lipinski definition) is 1. The highest BCUT2D eigenvalue weighted by molar-refractivity contribution is 7.80. The minimum Gasteiger partial charge on any atom is -0.143 e. The zero-order valence-corrected chi connectivity index (χ0v) is 12.2. The molecule has 0 atom stereocenters. The van der Waals surface area contributed by atoms with E-state index in [9.17, 15) is 0 Å². The first-order valence-corrected chi connectivity index (χ1v) is 6.97. The minimum absolute atomic E-state index is 1.02. The summed E-state index contributed by atoms with van der Waals surface area (Å²) in [6, 6.07) is 18.4. The summed E-state index contributed by atoms with van der Waals surface area (Å²) in [4.78, 5) is 1.02. The van der Waals surface area contributed by atoms with Gasteiger partial charge in [0.1, 0.15) is 0 Å². The molecule has 1 heteroatoms. The highest BCUT2D eigenvalue weighted by atomic mass is 32.1. The van der Waals surface area contributed by atoms with Crippen molar-refractivity contribution in [3.05, 3.63) is 65.7 Å². The highest BCUT2D eigenvalue weighted by Crippen LogP contribution is 2.09. The van der Waals surface area contributed by atoms with Gasteiger partial charge in [0.2, 0.25) is 0 Å². The summed E-state index contributed by atoms with van der Waals surface area (Å²) in [5.41, 5.74) is 2.94. The maximum absolute atomic E-state index is 4.08. The molecule has 0 saturated heterocycles. The summed E-state index contributed by atoms with van der Waals surface area (Å²) in [5.74, 6) is 0. The van der Waals surface area contributed by atoms with Crippen LogP contribution in [0.2, 0.25) is 0 Å². The first kappa shape index (κ1) is 14.8. The highest BCUT2D eigenvalue weighted by Gasteiger charge is 1.94. The van der Waals surface area contributed by atoms with Crippen molar-refractivity contribution in [2.75, 3.05) is 0 Å². The maximum atomic E-state index is 4.08. The second kappa shape index (κ2) is 8.82. The van der Waals surface area contributed by atoms with Gasteiger partial charge < -0.3 is 0 Å². The summed E-state index contributed by atoms with van der Waals surface area (Å²) < 4.78 is 0. The molecule has 2 rings (SSSR count). The summed E-state index contributed by atoms with van der Waals surface area (Å²) >= 11 is 4.08. The lowest BCUT2D eigenvalue weighted by atomic mass is 10.0. The van der Waals surface area contributed by atoms with E-state index in [1.165, 1.54) is 30.4 Å². The van der Waals surface area contributed by atoms with E-state index in [4.69, 9.17) is 0 Å². The molecule has 0 aromatic heterocycles. The predicted octanol–water partition coefficient (Wildman–Crippen LogP) is 5.31. The Labute approximate surface area is 116 Å². The number of unbranched alkanes of at least 4 members (excludes halogenated alkanes) is 1. The molecule has 0 spiro atoms. The molecular weight excluding hydrogens is 236 g/mol. The van der Waals surface area contributed by atoms with Crippen LogP contribution in [0.3, 0.4) is 0 Å². The first-order chi connectivity index (χ1) is 8.74. The Kier molecular flexibility index (Phi) is 7.28. The smallest absolute Gasteiger partial charge is 0.00399 e. The van der Waals surface area contributed by atoms with Gasteiger partial charge in [0.05, 0.1) is 0 Å². The number of rotatable bonds is 3. The van der Waals surface area contributed by atoms with Gasteiger partial charge >= 0.3 is 0 Å². The Bertz CT molecular complexity index is 434. The van der Waals surface area contributed by atoms with Crippen molar-refractivity contribution >= 4 is 12.6 Å². The van der Waals surface area contributed by atoms with Gasteiger partial charge in [0.25, 0.3) is 0 Å². The second-order valence-corrected chi connectivity index (χ2v) is 4.88. The molecule has 18 heavy (non-hydrogen) atoms. The van der Waals surface area contributed by atoms with Gasteiger partial charge in [0, 0.05) is 4.90 Å². The summed E-state index contributed by atoms with van der Waals surface area (Å²) in [6.45, 7) is 4.42. The average Bonchev–Trinajstić information content (AvgIpc) is 2.39. The predicted molar refractivity (Wildman–Crippen MR) is 83.5 cm³/mol. The lowest BCUT2D eigenvalue weighted by Crippen LogP contribution is -1.87. The molecule has 0 aliphatic carbocycles. The third-order valence-corrected chi connectivity index (χ3v) is 3.12. The fourth-order valence-corrected chi connectivity index (χ4v) is 1.86. The number of aryl methyl sites for hydroxylation is 2. The Hall–Kier alpha value is -1.21. The Morgan fingerprint density at radius 2 is 1.50 bits per heavy atom. The standard InChI is InChI=1S/C11H16.C6H6S/c1-3-4-8-11-9-6-5-7-10(11)2;7-6-4-2-1-3-5-6/h5-7,9H,3-4,8H2,1-2H3;1-5,7H. The lowest BCUT2D eigenvalue weighted by Gasteiger charge is -2.02. The largest absolute Gasteiger partial charge is 0.143 e. The third-order valence-electron chi connectivity index (χ3n) is 2.82. The van der Waals surface area contributed by atoms with Gasteiger partial charge in [-0.2, -0.15) is 0 Å². The van der Waals surface area contributed by atoms with Crippen LogP contribution in [0.25, 0.3) is 0 Å². The van der Waals surface area contributed by atoms with Gasteiger partial charge in [-0.1, -0.05) is 55.8 Å². The molecular formula is C17H22S.